The van der Waals surface area contributed by atoms with E-state index in [0.29, 0.717) is 5.92 Å². The minimum atomic E-state index is -0.0214. The van der Waals surface area contributed by atoms with E-state index in [1.807, 2.05) is 0 Å². The van der Waals surface area contributed by atoms with Gasteiger partial charge in [-0.1, -0.05) is 19.3 Å². The number of rotatable bonds is 3. The van der Waals surface area contributed by atoms with Gasteiger partial charge in [0.15, 0.2) is 6.29 Å². The third-order valence-electron chi connectivity index (χ3n) is 3.41. The van der Waals surface area contributed by atoms with Crippen molar-refractivity contribution in [1.29, 1.82) is 0 Å². The Hall–Kier alpha value is -0.120. The first-order chi connectivity index (χ1) is 6.86. The van der Waals surface area contributed by atoms with Crippen molar-refractivity contribution in [2.45, 2.75) is 50.9 Å². The summed E-state index contributed by atoms with van der Waals surface area (Å²) in [5, 5.41) is 0. The summed E-state index contributed by atoms with van der Waals surface area (Å²) in [6.45, 7) is 1.48. The zero-order chi connectivity index (χ0) is 9.80. The predicted molar refractivity (Wildman–Crippen MR) is 54.9 cm³/mol. The van der Waals surface area contributed by atoms with Gasteiger partial charge < -0.3 is 15.2 Å². The maximum atomic E-state index is 6.17. The second-order valence-electron chi connectivity index (χ2n) is 4.47. The van der Waals surface area contributed by atoms with Crippen molar-refractivity contribution in [2.75, 3.05) is 13.2 Å². The molecule has 1 atom stereocenters. The first kappa shape index (κ1) is 10.4. The molecule has 2 N–H and O–H groups in total. The molecule has 0 amide bonds. The molecule has 1 unspecified atom stereocenters. The van der Waals surface area contributed by atoms with Crippen molar-refractivity contribution in [3.63, 3.8) is 0 Å². The molecule has 0 radical (unpaired) electrons. The van der Waals surface area contributed by atoms with Crippen LogP contribution in [0.5, 0.6) is 0 Å². The molecule has 0 aromatic rings. The van der Waals surface area contributed by atoms with Crippen LogP contribution in [-0.4, -0.2) is 25.5 Å². The third kappa shape index (κ3) is 2.69. The molecule has 2 aliphatic rings. The van der Waals surface area contributed by atoms with Crippen molar-refractivity contribution in [1.82, 2.24) is 0 Å². The van der Waals surface area contributed by atoms with Gasteiger partial charge in [-0.3, -0.25) is 0 Å². The predicted octanol–water partition coefficient (Wildman–Crippen LogP) is 1.66. The monoisotopic (exact) mass is 199 g/mol. The van der Waals surface area contributed by atoms with Gasteiger partial charge in [0.1, 0.15) is 0 Å². The van der Waals surface area contributed by atoms with Crippen LogP contribution in [0.15, 0.2) is 0 Å². The summed E-state index contributed by atoms with van der Waals surface area (Å²) in [5.74, 6) is 0.705. The summed E-state index contributed by atoms with van der Waals surface area (Å²) in [7, 11) is 0. The van der Waals surface area contributed by atoms with E-state index in [9.17, 15) is 0 Å². The molecule has 14 heavy (non-hydrogen) atoms. The average Bonchev–Trinajstić information content (AvgIpc) is 2.72. The van der Waals surface area contributed by atoms with Crippen molar-refractivity contribution >= 4 is 0 Å². The standard InChI is InChI=1S/C11H21NO2/c12-10(8-11-13-6-7-14-11)9-4-2-1-3-5-9/h9-11H,1-8,12H2. The summed E-state index contributed by atoms with van der Waals surface area (Å²) in [5.41, 5.74) is 6.17. The molecule has 1 saturated carbocycles. The van der Waals surface area contributed by atoms with E-state index < -0.39 is 0 Å². The maximum absolute atomic E-state index is 6.17. The lowest BCUT2D eigenvalue weighted by Crippen LogP contribution is -2.35. The lowest BCUT2D eigenvalue weighted by Gasteiger charge is -2.28. The summed E-state index contributed by atoms with van der Waals surface area (Å²) < 4.78 is 10.8. The molecule has 1 aliphatic heterocycles. The van der Waals surface area contributed by atoms with E-state index >= 15 is 0 Å². The normalized spacial score (nSPS) is 28.1. The highest BCUT2D eigenvalue weighted by Crippen LogP contribution is 2.28. The molecule has 2 rings (SSSR count). The lowest BCUT2D eigenvalue weighted by atomic mass is 9.83. The molecule has 1 heterocycles. The molecule has 0 aromatic heterocycles. The van der Waals surface area contributed by atoms with Crippen molar-refractivity contribution in [2.24, 2.45) is 11.7 Å². The second kappa shape index (κ2) is 5.10. The highest BCUT2D eigenvalue weighted by atomic mass is 16.7. The smallest absolute Gasteiger partial charge is 0.159 e. The summed E-state index contributed by atoms with van der Waals surface area (Å²) in [6.07, 6.45) is 7.55. The fourth-order valence-corrected chi connectivity index (χ4v) is 2.52. The highest BCUT2D eigenvalue weighted by molar-refractivity contribution is 4.77. The Morgan fingerprint density at radius 2 is 1.71 bits per heavy atom. The second-order valence-corrected chi connectivity index (χ2v) is 4.47. The van der Waals surface area contributed by atoms with Gasteiger partial charge in [-0.2, -0.15) is 0 Å². The van der Waals surface area contributed by atoms with Crippen molar-refractivity contribution < 1.29 is 9.47 Å². The van der Waals surface area contributed by atoms with Crippen LogP contribution in [0.3, 0.4) is 0 Å². The van der Waals surface area contributed by atoms with Crippen LogP contribution in [0.25, 0.3) is 0 Å². The Labute approximate surface area is 85.9 Å². The molecule has 1 aliphatic carbocycles. The number of ether oxygens (including phenoxy) is 2. The average molecular weight is 199 g/mol. The molecule has 0 spiro atoms. The van der Waals surface area contributed by atoms with Gasteiger partial charge in [-0.05, 0) is 18.8 Å². The Morgan fingerprint density at radius 3 is 2.36 bits per heavy atom. The van der Waals surface area contributed by atoms with Gasteiger partial charge in [0, 0.05) is 12.5 Å². The fraction of sp³-hybridized carbons (Fsp3) is 1.00. The van der Waals surface area contributed by atoms with Gasteiger partial charge >= 0.3 is 0 Å². The van der Waals surface area contributed by atoms with E-state index in [-0.39, 0.29) is 12.3 Å². The Kier molecular flexibility index (Phi) is 3.79. The molecular formula is C11H21NO2. The van der Waals surface area contributed by atoms with Gasteiger partial charge in [-0.15, -0.1) is 0 Å². The van der Waals surface area contributed by atoms with Crippen LogP contribution in [0.1, 0.15) is 38.5 Å². The van der Waals surface area contributed by atoms with Gasteiger partial charge in [0.25, 0.3) is 0 Å². The lowest BCUT2D eigenvalue weighted by molar-refractivity contribution is -0.0546. The van der Waals surface area contributed by atoms with E-state index in [1.54, 1.807) is 0 Å². The zero-order valence-electron chi connectivity index (χ0n) is 8.78. The van der Waals surface area contributed by atoms with E-state index in [4.69, 9.17) is 15.2 Å². The van der Waals surface area contributed by atoms with E-state index in [2.05, 4.69) is 0 Å². The maximum Gasteiger partial charge on any atom is 0.159 e. The summed E-state index contributed by atoms with van der Waals surface area (Å²) in [6, 6.07) is 0.276. The molecule has 0 bridgehead atoms. The van der Waals surface area contributed by atoms with Crippen LogP contribution in [0.4, 0.5) is 0 Å². The van der Waals surface area contributed by atoms with E-state index in [0.717, 1.165) is 19.6 Å². The Bertz CT molecular complexity index is 163. The SMILES string of the molecule is NC(CC1OCCO1)C1CCCCC1. The first-order valence-corrected chi connectivity index (χ1v) is 5.85. The van der Waals surface area contributed by atoms with Crippen LogP contribution < -0.4 is 5.73 Å². The van der Waals surface area contributed by atoms with Crippen LogP contribution in [0, 0.1) is 5.92 Å². The van der Waals surface area contributed by atoms with Crippen LogP contribution in [0.2, 0.25) is 0 Å². The molecule has 0 aromatic carbocycles. The number of hydrogen-bond donors (Lipinski definition) is 1. The third-order valence-corrected chi connectivity index (χ3v) is 3.41. The molecule has 82 valence electrons. The Morgan fingerprint density at radius 1 is 1.07 bits per heavy atom. The quantitative estimate of drug-likeness (QED) is 0.751. The molecule has 1 saturated heterocycles. The minimum Gasteiger partial charge on any atom is -0.350 e. The van der Waals surface area contributed by atoms with Crippen molar-refractivity contribution in [3.05, 3.63) is 0 Å². The highest BCUT2D eigenvalue weighted by Gasteiger charge is 2.25. The largest absolute Gasteiger partial charge is 0.350 e. The summed E-state index contributed by atoms with van der Waals surface area (Å²) >= 11 is 0. The van der Waals surface area contributed by atoms with Crippen LogP contribution in [-0.2, 0) is 9.47 Å². The molecule has 3 heteroatoms. The zero-order valence-corrected chi connectivity index (χ0v) is 8.78. The number of hydrogen-bond acceptors (Lipinski definition) is 3. The number of nitrogens with two attached hydrogens (primary N) is 1. The van der Waals surface area contributed by atoms with Gasteiger partial charge in [0.05, 0.1) is 13.2 Å². The topological polar surface area (TPSA) is 44.5 Å². The molecule has 3 nitrogen and oxygen atoms in total. The van der Waals surface area contributed by atoms with Crippen molar-refractivity contribution in [3.8, 4) is 0 Å². The fourth-order valence-electron chi connectivity index (χ4n) is 2.52. The first-order valence-electron chi connectivity index (χ1n) is 5.85. The van der Waals surface area contributed by atoms with Gasteiger partial charge in [-0.25, -0.2) is 0 Å². The summed E-state index contributed by atoms with van der Waals surface area (Å²) in [4.78, 5) is 0. The molecular weight excluding hydrogens is 178 g/mol. The van der Waals surface area contributed by atoms with Crippen LogP contribution >= 0.6 is 0 Å². The van der Waals surface area contributed by atoms with E-state index in [1.165, 1.54) is 32.1 Å². The molecule has 2 fully saturated rings. The Balaban J connectivity index is 1.72. The minimum absolute atomic E-state index is 0.0214. The van der Waals surface area contributed by atoms with Gasteiger partial charge in [0.2, 0.25) is 0 Å².